The number of aromatic carboxylic acids is 1. The van der Waals surface area contributed by atoms with Crippen molar-refractivity contribution in [2.45, 2.75) is 13.5 Å². The first kappa shape index (κ1) is 15.1. The van der Waals surface area contributed by atoms with E-state index < -0.39 is 34.6 Å². The molecule has 0 unspecified atom stereocenters. The third kappa shape index (κ3) is 3.25. The van der Waals surface area contributed by atoms with E-state index >= 15 is 0 Å². The number of thiophene rings is 1. The summed E-state index contributed by atoms with van der Waals surface area (Å²) in [7, 11) is 0. The van der Waals surface area contributed by atoms with E-state index in [9.17, 15) is 18.4 Å². The van der Waals surface area contributed by atoms with Crippen LogP contribution in [0.3, 0.4) is 0 Å². The highest BCUT2D eigenvalue weighted by Gasteiger charge is 2.20. The smallest absolute Gasteiger partial charge is 0.336 e. The first-order chi connectivity index (χ1) is 9.90. The summed E-state index contributed by atoms with van der Waals surface area (Å²) < 4.78 is 26.3. The van der Waals surface area contributed by atoms with Crippen molar-refractivity contribution in [2.24, 2.45) is 0 Å². The first-order valence-electron chi connectivity index (χ1n) is 5.92. The van der Waals surface area contributed by atoms with Crippen LogP contribution in [0.25, 0.3) is 0 Å². The minimum atomic E-state index is -1.49. The molecule has 7 heteroatoms. The number of carboxylic acids is 1. The number of benzene rings is 1. The lowest BCUT2D eigenvalue weighted by Crippen LogP contribution is -2.25. The summed E-state index contributed by atoms with van der Waals surface area (Å²) in [6, 6.07) is 1.09. The van der Waals surface area contributed by atoms with E-state index in [0.717, 1.165) is 11.1 Å². The minimum absolute atomic E-state index is 0.187. The Hall–Kier alpha value is -2.28. The number of carbonyl (C=O) groups excluding carboxylic acids is 1. The summed E-state index contributed by atoms with van der Waals surface area (Å²) in [6.45, 7) is 2.06. The lowest BCUT2D eigenvalue weighted by atomic mass is 10.1. The molecule has 0 atom stereocenters. The van der Waals surface area contributed by atoms with Crippen LogP contribution >= 0.6 is 11.3 Å². The molecule has 2 aromatic rings. The predicted molar refractivity (Wildman–Crippen MR) is 73.5 cm³/mol. The van der Waals surface area contributed by atoms with Crippen molar-refractivity contribution in [3.63, 3.8) is 0 Å². The maximum absolute atomic E-state index is 13.2. The summed E-state index contributed by atoms with van der Waals surface area (Å²) in [5, 5.41) is 15.2. The van der Waals surface area contributed by atoms with Crippen molar-refractivity contribution in [3.8, 4) is 0 Å². The molecule has 2 N–H and O–H groups in total. The van der Waals surface area contributed by atoms with E-state index in [1.165, 1.54) is 11.3 Å². The Morgan fingerprint density at radius 2 is 1.81 bits per heavy atom. The summed E-state index contributed by atoms with van der Waals surface area (Å²) in [5.74, 6) is -4.84. The molecule has 0 radical (unpaired) electrons. The van der Waals surface area contributed by atoms with Crippen molar-refractivity contribution >= 4 is 23.2 Å². The molecule has 0 aliphatic rings. The molecule has 1 amide bonds. The monoisotopic (exact) mass is 311 g/mol. The topological polar surface area (TPSA) is 66.4 Å². The Balaban J connectivity index is 2.24. The highest BCUT2D eigenvalue weighted by molar-refractivity contribution is 7.08. The van der Waals surface area contributed by atoms with Crippen LogP contribution in [-0.4, -0.2) is 17.0 Å². The Morgan fingerprint density at radius 1 is 1.19 bits per heavy atom. The minimum Gasteiger partial charge on any atom is -0.478 e. The second-order valence-electron chi connectivity index (χ2n) is 4.38. The highest BCUT2D eigenvalue weighted by Crippen LogP contribution is 2.17. The average Bonchev–Trinajstić information content (AvgIpc) is 2.84. The van der Waals surface area contributed by atoms with Crippen LogP contribution in [0.15, 0.2) is 22.9 Å². The van der Waals surface area contributed by atoms with Gasteiger partial charge in [0.05, 0.1) is 11.1 Å². The van der Waals surface area contributed by atoms with Gasteiger partial charge in [-0.1, -0.05) is 0 Å². The standard InChI is InChI=1S/C14H11F2NO3S/c1-7-5-21-6-8(7)4-17-13(18)9-2-11(15)12(16)3-10(9)14(19)20/h2-3,5-6H,4H2,1H3,(H,17,18)(H,19,20). The molecule has 0 saturated carbocycles. The number of halogens is 2. The Morgan fingerprint density at radius 3 is 2.33 bits per heavy atom. The molecule has 21 heavy (non-hydrogen) atoms. The van der Waals surface area contributed by atoms with Crippen LogP contribution in [0.2, 0.25) is 0 Å². The van der Waals surface area contributed by atoms with Crippen LogP contribution in [0.1, 0.15) is 31.8 Å². The van der Waals surface area contributed by atoms with Crippen LogP contribution in [0.5, 0.6) is 0 Å². The van der Waals surface area contributed by atoms with Gasteiger partial charge in [0.15, 0.2) is 11.6 Å². The van der Waals surface area contributed by atoms with Gasteiger partial charge in [0.25, 0.3) is 5.91 Å². The number of rotatable bonds is 4. The molecular weight excluding hydrogens is 300 g/mol. The number of aryl methyl sites for hydroxylation is 1. The van der Waals surface area contributed by atoms with E-state index in [4.69, 9.17) is 5.11 Å². The van der Waals surface area contributed by atoms with Crippen molar-refractivity contribution in [3.05, 3.63) is 56.8 Å². The normalized spacial score (nSPS) is 10.4. The lowest BCUT2D eigenvalue weighted by Gasteiger charge is -2.08. The fourth-order valence-electron chi connectivity index (χ4n) is 1.75. The third-order valence-electron chi connectivity index (χ3n) is 2.94. The lowest BCUT2D eigenvalue weighted by molar-refractivity contribution is 0.0690. The Labute approximate surface area is 123 Å². The Kier molecular flexibility index (Phi) is 4.32. The quantitative estimate of drug-likeness (QED) is 0.912. The van der Waals surface area contributed by atoms with Gasteiger partial charge in [-0.2, -0.15) is 11.3 Å². The molecule has 1 aromatic heterocycles. The van der Waals surface area contributed by atoms with Gasteiger partial charge in [0, 0.05) is 6.54 Å². The third-order valence-corrected chi connectivity index (χ3v) is 3.85. The van der Waals surface area contributed by atoms with Crippen LogP contribution in [0, 0.1) is 18.6 Å². The largest absolute Gasteiger partial charge is 0.478 e. The molecule has 0 bridgehead atoms. The molecule has 0 fully saturated rings. The van der Waals surface area contributed by atoms with Gasteiger partial charge in [-0.3, -0.25) is 4.79 Å². The molecule has 1 heterocycles. The fourth-order valence-corrected chi connectivity index (χ4v) is 2.61. The SMILES string of the molecule is Cc1cscc1CNC(=O)c1cc(F)c(F)cc1C(=O)O. The molecule has 2 rings (SSSR count). The van der Waals surface area contributed by atoms with Gasteiger partial charge in [-0.25, -0.2) is 13.6 Å². The second kappa shape index (κ2) is 6.01. The summed E-state index contributed by atoms with van der Waals surface area (Å²) in [5.41, 5.74) is 0.888. The number of carbonyl (C=O) groups is 2. The molecule has 4 nitrogen and oxygen atoms in total. The van der Waals surface area contributed by atoms with Gasteiger partial charge in [0.2, 0.25) is 0 Å². The van der Waals surface area contributed by atoms with E-state index in [1.54, 1.807) is 0 Å². The van der Waals surface area contributed by atoms with Crippen LogP contribution < -0.4 is 5.32 Å². The molecule has 0 saturated heterocycles. The maximum Gasteiger partial charge on any atom is 0.336 e. The van der Waals surface area contributed by atoms with E-state index in [2.05, 4.69) is 5.32 Å². The van der Waals surface area contributed by atoms with Crippen molar-refractivity contribution in [1.82, 2.24) is 5.32 Å². The molecule has 0 spiro atoms. The van der Waals surface area contributed by atoms with E-state index in [0.29, 0.717) is 12.1 Å². The summed E-state index contributed by atoms with van der Waals surface area (Å²) in [6.07, 6.45) is 0. The molecule has 1 aromatic carbocycles. The zero-order chi connectivity index (χ0) is 15.6. The molecule has 110 valence electrons. The zero-order valence-corrected chi connectivity index (χ0v) is 11.8. The highest BCUT2D eigenvalue weighted by atomic mass is 32.1. The zero-order valence-electron chi connectivity index (χ0n) is 10.9. The van der Waals surface area contributed by atoms with Gasteiger partial charge in [-0.05, 0) is 40.9 Å². The summed E-state index contributed by atoms with van der Waals surface area (Å²) in [4.78, 5) is 23.0. The number of hydrogen-bond acceptors (Lipinski definition) is 3. The molecule has 0 aliphatic carbocycles. The van der Waals surface area contributed by atoms with Gasteiger partial charge in [-0.15, -0.1) is 0 Å². The fraction of sp³-hybridized carbons (Fsp3) is 0.143. The van der Waals surface area contributed by atoms with Crippen LogP contribution in [0.4, 0.5) is 8.78 Å². The average molecular weight is 311 g/mol. The molecule has 0 aliphatic heterocycles. The van der Waals surface area contributed by atoms with Crippen molar-refractivity contribution in [1.29, 1.82) is 0 Å². The number of nitrogens with one attached hydrogen (secondary N) is 1. The van der Waals surface area contributed by atoms with Crippen molar-refractivity contribution < 1.29 is 23.5 Å². The van der Waals surface area contributed by atoms with Gasteiger partial charge >= 0.3 is 5.97 Å². The number of hydrogen-bond donors (Lipinski definition) is 2. The maximum atomic E-state index is 13.2. The first-order valence-corrected chi connectivity index (χ1v) is 6.86. The van der Waals surface area contributed by atoms with E-state index in [1.807, 2.05) is 17.7 Å². The number of carboxylic acid groups (broad SMARTS) is 1. The van der Waals surface area contributed by atoms with E-state index in [-0.39, 0.29) is 6.54 Å². The van der Waals surface area contributed by atoms with Crippen molar-refractivity contribution in [2.75, 3.05) is 0 Å². The van der Waals surface area contributed by atoms with Gasteiger partial charge in [0.1, 0.15) is 0 Å². The number of amides is 1. The predicted octanol–water partition coefficient (Wildman–Crippen LogP) is 2.96. The Bertz CT molecular complexity index is 712. The van der Waals surface area contributed by atoms with Gasteiger partial charge < -0.3 is 10.4 Å². The molecular formula is C14H11F2NO3S. The summed E-state index contributed by atoms with van der Waals surface area (Å²) >= 11 is 1.47. The second-order valence-corrected chi connectivity index (χ2v) is 5.12. The van der Waals surface area contributed by atoms with Crippen LogP contribution in [-0.2, 0) is 6.54 Å².